The lowest BCUT2D eigenvalue weighted by Crippen LogP contribution is -2.53. The van der Waals surface area contributed by atoms with Crippen molar-refractivity contribution in [3.63, 3.8) is 0 Å². The number of β-amino-alcohol motifs (C(OH)–C–C–N with tert-alkyl or cyclic N) is 1. The molecule has 0 aliphatic carbocycles. The summed E-state index contributed by atoms with van der Waals surface area (Å²) in [4.78, 5) is 17.0. The molecule has 0 bridgehead atoms. The molecule has 0 radical (unpaired) electrons. The molecule has 20 heavy (non-hydrogen) atoms. The first-order valence-corrected chi connectivity index (χ1v) is 6.83. The number of alkyl halides is 3. The van der Waals surface area contributed by atoms with Gasteiger partial charge in [0, 0.05) is 39.3 Å². The number of nitrogens with zero attached hydrogens (tertiary/aromatic N) is 3. The number of piperazine rings is 1. The quantitative estimate of drug-likeness (QED) is 0.778. The van der Waals surface area contributed by atoms with Crippen molar-refractivity contribution in [2.45, 2.75) is 18.6 Å². The number of aliphatic hydroxyl groups excluding tert-OH is 1. The molecular formula is C12H20F3N3O2. The van der Waals surface area contributed by atoms with Gasteiger partial charge in [-0.3, -0.25) is 14.6 Å². The Hall–Kier alpha value is -0.860. The van der Waals surface area contributed by atoms with E-state index in [1.165, 1.54) is 0 Å². The van der Waals surface area contributed by atoms with Crippen molar-refractivity contribution in [3.8, 4) is 0 Å². The maximum Gasteiger partial charge on any atom is 0.406 e. The van der Waals surface area contributed by atoms with Gasteiger partial charge in [0.25, 0.3) is 0 Å². The molecule has 2 saturated heterocycles. The van der Waals surface area contributed by atoms with E-state index in [0.717, 1.165) is 18.0 Å². The van der Waals surface area contributed by atoms with Crippen LogP contribution in [0.2, 0.25) is 0 Å². The molecule has 2 fully saturated rings. The number of amides is 1. The summed E-state index contributed by atoms with van der Waals surface area (Å²) in [6.45, 7) is 2.54. The molecular weight excluding hydrogens is 275 g/mol. The van der Waals surface area contributed by atoms with E-state index in [1.807, 2.05) is 4.90 Å². The Balaban J connectivity index is 1.84. The first-order chi connectivity index (χ1) is 9.40. The minimum absolute atomic E-state index is 0.0989. The molecule has 0 spiro atoms. The van der Waals surface area contributed by atoms with Crippen LogP contribution in [-0.2, 0) is 4.79 Å². The molecule has 0 aromatic heterocycles. The van der Waals surface area contributed by atoms with Crippen LogP contribution in [0.15, 0.2) is 0 Å². The molecule has 1 N–H and O–H groups in total. The lowest BCUT2D eigenvalue weighted by atomic mass is 10.2. The van der Waals surface area contributed by atoms with Gasteiger partial charge in [-0.05, 0) is 6.42 Å². The molecule has 2 aliphatic heterocycles. The molecule has 0 saturated carbocycles. The lowest BCUT2D eigenvalue weighted by Gasteiger charge is -2.37. The highest BCUT2D eigenvalue weighted by molar-refractivity contribution is 5.84. The van der Waals surface area contributed by atoms with Gasteiger partial charge in [-0.1, -0.05) is 0 Å². The SMILES string of the molecule is O=C1C(N2CCN(CCO)CC2)CCN1CC(F)(F)F. The van der Waals surface area contributed by atoms with Crippen molar-refractivity contribution in [1.29, 1.82) is 0 Å². The van der Waals surface area contributed by atoms with Crippen LogP contribution in [0.1, 0.15) is 6.42 Å². The molecule has 1 atom stereocenters. The number of likely N-dealkylation sites (tertiary alicyclic amines) is 1. The number of halogens is 3. The third-order valence-corrected chi connectivity index (χ3v) is 3.90. The van der Waals surface area contributed by atoms with Crippen molar-refractivity contribution >= 4 is 5.91 Å². The van der Waals surface area contributed by atoms with Gasteiger partial charge < -0.3 is 10.0 Å². The fraction of sp³-hybridized carbons (Fsp3) is 0.917. The highest BCUT2D eigenvalue weighted by Crippen LogP contribution is 2.23. The van der Waals surface area contributed by atoms with Gasteiger partial charge in [0.15, 0.2) is 0 Å². The van der Waals surface area contributed by atoms with Crippen LogP contribution in [0.5, 0.6) is 0 Å². The van der Waals surface area contributed by atoms with Crippen molar-refractivity contribution < 1.29 is 23.1 Å². The van der Waals surface area contributed by atoms with Crippen LogP contribution in [0.3, 0.4) is 0 Å². The minimum Gasteiger partial charge on any atom is -0.395 e. The van der Waals surface area contributed by atoms with E-state index in [4.69, 9.17) is 5.11 Å². The first kappa shape index (κ1) is 15.5. The summed E-state index contributed by atoms with van der Waals surface area (Å²) < 4.78 is 37.0. The van der Waals surface area contributed by atoms with Gasteiger partial charge in [0.05, 0.1) is 12.6 Å². The summed E-state index contributed by atoms with van der Waals surface area (Å²) in [5, 5.41) is 8.86. The number of carbonyl (C=O) groups excluding carboxylic acids is 1. The van der Waals surface area contributed by atoms with E-state index in [-0.39, 0.29) is 13.2 Å². The minimum atomic E-state index is -4.33. The zero-order valence-corrected chi connectivity index (χ0v) is 11.3. The summed E-state index contributed by atoms with van der Waals surface area (Å²) in [5.41, 5.74) is 0. The Kier molecular flexibility index (Phi) is 4.87. The van der Waals surface area contributed by atoms with Gasteiger partial charge in [-0.15, -0.1) is 0 Å². The van der Waals surface area contributed by atoms with Crippen molar-refractivity contribution in [3.05, 3.63) is 0 Å². The monoisotopic (exact) mass is 295 g/mol. The van der Waals surface area contributed by atoms with Crippen LogP contribution in [0, 0.1) is 0 Å². The van der Waals surface area contributed by atoms with Crippen molar-refractivity contribution in [1.82, 2.24) is 14.7 Å². The Morgan fingerprint density at radius 1 is 1.15 bits per heavy atom. The lowest BCUT2D eigenvalue weighted by molar-refractivity contribution is -0.159. The number of aliphatic hydroxyl groups is 1. The predicted octanol–water partition coefficient (Wildman–Crippen LogP) is -0.240. The molecule has 2 rings (SSSR count). The van der Waals surface area contributed by atoms with Gasteiger partial charge >= 0.3 is 6.18 Å². The average molecular weight is 295 g/mol. The Labute approximate surface area is 115 Å². The predicted molar refractivity (Wildman–Crippen MR) is 66.1 cm³/mol. The van der Waals surface area contributed by atoms with Crippen molar-refractivity contribution in [2.75, 3.05) is 52.4 Å². The topological polar surface area (TPSA) is 47.0 Å². The summed E-state index contributed by atoms with van der Waals surface area (Å²) in [5.74, 6) is -0.405. The van der Waals surface area contributed by atoms with Gasteiger partial charge in [0.2, 0.25) is 5.91 Å². The van der Waals surface area contributed by atoms with Crippen molar-refractivity contribution in [2.24, 2.45) is 0 Å². The molecule has 0 aromatic carbocycles. The molecule has 8 heteroatoms. The molecule has 1 unspecified atom stereocenters. The highest BCUT2D eigenvalue weighted by Gasteiger charge is 2.41. The van der Waals surface area contributed by atoms with E-state index in [9.17, 15) is 18.0 Å². The second-order valence-electron chi connectivity index (χ2n) is 5.28. The van der Waals surface area contributed by atoms with Gasteiger partial charge in [0.1, 0.15) is 6.54 Å². The third kappa shape index (κ3) is 3.83. The van der Waals surface area contributed by atoms with Crippen LogP contribution in [0.25, 0.3) is 0 Å². The van der Waals surface area contributed by atoms with Gasteiger partial charge in [-0.25, -0.2) is 0 Å². The Morgan fingerprint density at radius 3 is 2.35 bits per heavy atom. The van der Waals surface area contributed by atoms with Crippen LogP contribution in [0.4, 0.5) is 13.2 Å². The number of hydrogen-bond acceptors (Lipinski definition) is 4. The van der Waals surface area contributed by atoms with E-state index in [2.05, 4.69) is 4.90 Å². The fourth-order valence-corrected chi connectivity index (χ4v) is 2.87. The highest BCUT2D eigenvalue weighted by atomic mass is 19.4. The standard InChI is InChI=1S/C12H20F3N3O2/c13-12(14,15)9-18-2-1-10(11(18)20)17-5-3-16(4-6-17)7-8-19/h10,19H,1-9H2. The number of carbonyl (C=O) groups is 1. The van der Waals surface area contributed by atoms with Crippen LogP contribution >= 0.6 is 0 Å². The molecule has 2 aliphatic rings. The molecule has 116 valence electrons. The van der Waals surface area contributed by atoms with Crippen LogP contribution in [-0.4, -0.2) is 90.4 Å². The smallest absolute Gasteiger partial charge is 0.395 e. The maximum absolute atomic E-state index is 12.3. The summed E-state index contributed by atoms with van der Waals surface area (Å²) >= 11 is 0. The van der Waals surface area contributed by atoms with Crippen LogP contribution < -0.4 is 0 Å². The van der Waals surface area contributed by atoms with E-state index in [0.29, 0.717) is 26.1 Å². The molecule has 5 nitrogen and oxygen atoms in total. The normalized spacial score (nSPS) is 26.5. The van der Waals surface area contributed by atoms with E-state index < -0.39 is 24.7 Å². The average Bonchev–Trinajstić information content (AvgIpc) is 2.71. The second-order valence-corrected chi connectivity index (χ2v) is 5.28. The largest absolute Gasteiger partial charge is 0.406 e. The Morgan fingerprint density at radius 2 is 1.80 bits per heavy atom. The number of rotatable bonds is 4. The zero-order valence-electron chi connectivity index (χ0n) is 11.3. The summed E-state index contributed by atoms with van der Waals surface area (Å²) in [7, 11) is 0. The molecule has 2 heterocycles. The number of hydrogen-bond donors (Lipinski definition) is 1. The summed E-state index contributed by atoms with van der Waals surface area (Å²) in [6.07, 6.45) is -3.86. The third-order valence-electron chi connectivity index (χ3n) is 3.90. The van der Waals surface area contributed by atoms with E-state index in [1.54, 1.807) is 0 Å². The second kappa shape index (κ2) is 6.28. The van der Waals surface area contributed by atoms with E-state index >= 15 is 0 Å². The molecule has 1 amide bonds. The first-order valence-electron chi connectivity index (χ1n) is 6.83. The Bertz CT molecular complexity index is 343. The maximum atomic E-state index is 12.3. The summed E-state index contributed by atoms with van der Waals surface area (Å²) in [6, 6.07) is -0.409. The molecule has 0 aromatic rings. The van der Waals surface area contributed by atoms with Gasteiger partial charge in [-0.2, -0.15) is 13.2 Å². The fourth-order valence-electron chi connectivity index (χ4n) is 2.87. The zero-order chi connectivity index (χ0) is 14.8.